The molecule has 2 aliphatic heterocycles. The number of rotatable bonds is 1. The summed E-state index contributed by atoms with van der Waals surface area (Å²) >= 11 is 0. The van der Waals surface area contributed by atoms with Crippen LogP contribution in [0.1, 0.15) is 25.7 Å². The molecule has 1 aliphatic carbocycles. The van der Waals surface area contributed by atoms with Crippen molar-refractivity contribution >= 4 is 0 Å². The Morgan fingerprint density at radius 3 is 2.25 bits per heavy atom. The molecule has 0 aromatic heterocycles. The molecule has 2 unspecified atom stereocenters. The van der Waals surface area contributed by atoms with Crippen LogP contribution < -0.4 is 5.32 Å². The summed E-state index contributed by atoms with van der Waals surface area (Å²) in [6.45, 7) is 4.61. The van der Waals surface area contributed by atoms with Crippen LogP contribution in [0, 0.1) is 17.8 Å². The van der Waals surface area contributed by atoms with E-state index in [1.807, 2.05) is 0 Å². The molecule has 0 aromatic rings. The van der Waals surface area contributed by atoms with Crippen LogP contribution in [0.3, 0.4) is 0 Å². The first-order valence-electron chi connectivity index (χ1n) is 6.79. The van der Waals surface area contributed by atoms with Crippen molar-refractivity contribution in [2.45, 2.75) is 31.3 Å². The molecule has 3 nitrogen and oxygen atoms in total. The van der Waals surface area contributed by atoms with Gasteiger partial charge in [-0.05, 0) is 76.7 Å². The molecule has 3 fully saturated rings. The molecule has 2 heterocycles. The van der Waals surface area contributed by atoms with Gasteiger partial charge in [0.15, 0.2) is 0 Å². The second-order valence-corrected chi connectivity index (χ2v) is 6.27. The number of fused-ring (bicyclic) bond motifs is 1. The molecule has 0 amide bonds. The highest BCUT2D eigenvalue weighted by molar-refractivity contribution is 5.02. The molecule has 2 saturated heterocycles. The third-order valence-electron chi connectivity index (χ3n) is 5.19. The van der Waals surface area contributed by atoms with Crippen LogP contribution in [0.15, 0.2) is 0 Å². The molecule has 3 heteroatoms. The maximum atomic E-state index is 10.9. The average Bonchev–Trinajstić information content (AvgIpc) is 2.77. The number of hydrogen-bond donors (Lipinski definition) is 2. The van der Waals surface area contributed by atoms with Crippen molar-refractivity contribution in [3.63, 3.8) is 0 Å². The van der Waals surface area contributed by atoms with Crippen molar-refractivity contribution in [1.29, 1.82) is 0 Å². The van der Waals surface area contributed by atoms with Gasteiger partial charge in [-0.15, -0.1) is 0 Å². The molecule has 0 radical (unpaired) electrons. The first-order valence-corrected chi connectivity index (χ1v) is 6.79. The third kappa shape index (κ3) is 1.79. The fourth-order valence-corrected chi connectivity index (χ4v) is 4.14. The lowest BCUT2D eigenvalue weighted by Crippen LogP contribution is -2.43. The van der Waals surface area contributed by atoms with Gasteiger partial charge in [0.25, 0.3) is 0 Å². The molecule has 3 rings (SSSR count). The van der Waals surface area contributed by atoms with Gasteiger partial charge in [0.1, 0.15) is 0 Å². The van der Waals surface area contributed by atoms with E-state index in [9.17, 15) is 5.11 Å². The van der Waals surface area contributed by atoms with Gasteiger partial charge in [-0.2, -0.15) is 0 Å². The number of hydrogen-bond acceptors (Lipinski definition) is 3. The van der Waals surface area contributed by atoms with Crippen LogP contribution in [-0.2, 0) is 0 Å². The quantitative estimate of drug-likeness (QED) is 0.688. The SMILES string of the molecule is CN1CCC(C2(O)CC3CNCC3C2)CC1. The molecular formula is C13H24N2O. The maximum Gasteiger partial charge on any atom is 0.0683 e. The number of nitrogens with one attached hydrogen (secondary N) is 1. The van der Waals surface area contributed by atoms with Gasteiger partial charge in [0.2, 0.25) is 0 Å². The largest absolute Gasteiger partial charge is 0.390 e. The lowest BCUT2D eigenvalue weighted by atomic mass is 9.78. The minimum atomic E-state index is -0.321. The minimum Gasteiger partial charge on any atom is -0.390 e. The summed E-state index contributed by atoms with van der Waals surface area (Å²) in [5.74, 6) is 2.07. The van der Waals surface area contributed by atoms with Crippen molar-refractivity contribution < 1.29 is 5.11 Å². The Kier molecular flexibility index (Phi) is 2.73. The predicted molar refractivity (Wildman–Crippen MR) is 64.3 cm³/mol. The highest BCUT2D eigenvalue weighted by Crippen LogP contribution is 2.47. The van der Waals surface area contributed by atoms with E-state index in [0.29, 0.717) is 5.92 Å². The summed E-state index contributed by atoms with van der Waals surface area (Å²) in [7, 11) is 2.19. The Bertz CT molecular complexity index is 249. The van der Waals surface area contributed by atoms with Crippen molar-refractivity contribution in [2.75, 3.05) is 33.2 Å². The Morgan fingerprint density at radius 2 is 1.69 bits per heavy atom. The summed E-state index contributed by atoms with van der Waals surface area (Å²) in [5, 5.41) is 14.3. The summed E-state index contributed by atoms with van der Waals surface area (Å²) < 4.78 is 0. The monoisotopic (exact) mass is 224 g/mol. The van der Waals surface area contributed by atoms with E-state index in [1.165, 1.54) is 25.9 Å². The van der Waals surface area contributed by atoms with Crippen molar-refractivity contribution in [3.05, 3.63) is 0 Å². The van der Waals surface area contributed by atoms with Gasteiger partial charge in [-0.3, -0.25) is 0 Å². The summed E-state index contributed by atoms with van der Waals surface area (Å²) in [6, 6.07) is 0. The first-order chi connectivity index (χ1) is 7.67. The van der Waals surface area contributed by atoms with E-state index >= 15 is 0 Å². The lowest BCUT2D eigenvalue weighted by Gasteiger charge is -2.39. The zero-order chi connectivity index (χ0) is 11.2. The number of likely N-dealkylation sites (tertiary alicyclic amines) is 1. The Balaban J connectivity index is 1.65. The summed E-state index contributed by atoms with van der Waals surface area (Å²) in [4.78, 5) is 2.39. The molecule has 1 saturated carbocycles. The minimum absolute atomic E-state index is 0.321. The van der Waals surface area contributed by atoms with E-state index in [2.05, 4.69) is 17.3 Å². The maximum absolute atomic E-state index is 10.9. The van der Waals surface area contributed by atoms with E-state index in [4.69, 9.17) is 0 Å². The van der Waals surface area contributed by atoms with Crippen LogP contribution in [0.5, 0.6) is 0 Å². The average molecular weight is 224 g/mol. The molecule has 92 valence electrons. The lowest BCUT2D eigenvalue weighted by molar-refractivity contribution is -0.0407. The van der Waals surface area contributed by atoms with Crippen LogP contribution in [0.2, 0.25) is 0 Å². The summed E-state index contributed by atoms with van der Waals surface area (Å²) in [5.41, 5.74) is -0.321. The van der Waals surface area contributed by atoms with Crippen molar-refractivity contribution in [2.24, 2.45) is 17.8 Å². The van der Waals surface area contributed by atoms with Crippen LogP contribution in [0.4, 0.5) is 0 Å². The van der Waals surface area contributed by atoms with E-state index < -0.39 is 0 Å². The molecule has 0 aromatic carbocycles. The standard InChI is InChI=1S/C13H24N2O/c1-15-4-2-12(3-5-15)13(16)6-10-8-14-9-11(10)7-13/h10-12,14,16H,2-9H2,1H3. The zero-order valence-electron chi connectivity index (χ0n) is 10.3. The Labute approximate surface area is 98.2 Å². The smallest absolute Gasteiger partial charge is 0.0683 e. The van der Waals surface area contributed by atoms with Crippen LogP contribution in [-0.4, -0.2) is 48.8 Å². The molecule has 0 spiro atoms. The van der Waals surface area contributed by atoms with Gasteiger partial charge in [0.05, 0.1) is 5.60 Å². The van der Waals surface area contributed by atoms with Gasteiger partial charge in [-0.1, -0.05) is 0 Å². The topological polar surface area (TPSA) is 35.5 Å². The van der Waals surface area contributed by atoms with E-state index in [1.54, 1.807) is 0 Å². The van der Waals surface area contributed by atoms with Gasteiger partial charge < -0.3 is 15.3 Å². The fraction of sp³-hybridized carbons (Fsp3) is 1.00. The van der Waals surface area contributed by atoms with Gasteiger partial charge >= 0.3 is 0 Å². The van der Waals surface area contributed by atoms with Gasteiger partial charge in [0, 0.05) is 0 Å². The van der Waals surface area contributed by atoms with E-state index in [0.717, 1.165) is 37.8 Å². The number of piperidine rings is 1. The normalized spacial score (nSPS) is 46.1. The first kappa shape index (κ1) is 11.0. The van der Waals surface area contributed by atoms with Crippen LogP contribution >= 0.6 is 0 Å². The van der Waals surface area contributed by atoms with Crippen molar-refractivity contribution in [1.82, 2.24) is 10.2 Å². The fourth-order valence-electron chi connectivity index (χ4n) is 4.14. The predicted octanol–water partition coefficient (Wildman–Crippen LogP) is 0.689. The number of nitrogens with zero attached hydrogens (tertiary/aromatic N) is 1. The zero-order valence-corrected chi connectivity index (χ0v) is 10.3. The second kappa shape index (κ2) is 3.97. The molecular weight excluding hydrogens is 200 g/mol. The Morgan fingerprint density at radius 1 is 1.12 bits per heavy atom. The molecule has 0 bridgehead atoms. The molecule has 2 atom stereocenters. The van der Waals surface area contributed by atoms with E-state index in [-0.39, 0.29) is 5.60 Å². The highest BCUT2D eigenvalue weighted by Gasteiger charge is 2.50. The van der Waals surface area contributed by atoms with Gasteiger partial charge in [-0.25, -0.2) is 0 Å². The summed E-state index contributed by atoms with van der Waals surface area (Å²) in [6.07, 6.45) is 4.50. The number of aliphatic hydroxyl groups is 1. The molecule has 16 heavy (non-hydrogen) atoms. The molecule has 3 aliphatic rings. The third-order valence-corrected chi connectivity index (χ3v) is 5.19. The second-order valence-electron chi connectivity index (χ2n) is 6.27. The van der Waals surface area contributed by atoms with Crippen LogP contribution in [0.25, 0.3) is 0 Å². The molecule has 2 N–H and O–H groups in total. The Hall–Kier alpha value is -0.120. The highest BCUT2D eigenvalue weighted by atomic mass is 16.3. The van der Waals surface area contributed by atoms with Crippen molar-refractivity contribution in [3.8, 4) is 0 Å².